The molecule has 2 atom stereocenters. The van der Waals surface area contributed by atoms with E-state index in [0.717, 1.165) is 45.3 Å². The zero-order chi connectivity index (χ0) is 12.4. The van der Waals surface area contributed by atoms with Gasteiger partial charge in [-0.2, -0.15) is 0 Å². The maximum atomic E-state index is 6.49. The number of fused-ring (bicyclic) bond motifs is 1. The Morgan fingerprint density at radius 2 is 1.35 bits per heavy atom. The second-order valence-electron chi connectivity index (χ2n) is 7.17. The van der Waals surface area contributed by atoms with Crippen LogP contribution >= 0.6 is 0 Å². The topological polar surface area (TPSA) is 70.5 Å². The first kappa shape index (κ1) is 11.9. The molecule has 0 aromatic rings. The summed E-state index contributed by atoms with van der Waals surface area (Å²) >= 11 is 0. The van der Waals surface area contributed by atoms with Crippen molar-refractivity contribution in [1.29, 1.82) is 0 Å². The van der Waals surface area contributed by atoms with Crippen molar-refractivity contribution >= 4 is 0 Å². The fourth-order valence-electron chi connectivity index (χ4n) is 3.71. The molecule has 4 heteroatoms. The summed E-state index contributed by atoms with van der Waals surface area (Å²) in [5.41, 5.74) is 12.5. The minimum atomic E-state index is -0.501. The first-order chi connectivity index (χ1) is 7.79. The molecule has 0 amide bonds. The molecule has 0 radical (unpaired) electrons. The van der Waals surface area contributed by atoms with Crippen LogP contribution in [0.3, 0.4) is 0 Å². The molecular weight excluding hydrogens is 216 g/mol. The molecular formula is C13H24N2O2. The predicted octanol–water partition coefficient (Wildman–Crippen LogP) is 1.13. The highest BCUT2D eigenvalue weighted by Gasteiger charge is 2.64. The molecule has 0 aromatic heterocycles. The van der Waals surface area contributed by atoms with Crippen molar-refractivity contribution in [1.82, 2.24) is 0 Å². The summed E-state index contributed by atoms with van der Waals surface area (Å²) in [6.45, 7) is 5.79. The summed E-state index contributed by atoms with van der Waals surface area (Å²) < 4.78 is 12.1. The molecule has 1 saturated heterocycles. The van der Waals surface area contributed by atoms with Gasteiger partial charge in [-0.25, -0.2) is 0 Å². The molecule has 0 bridgehead atoms. The van der Waals surface area contributed by atoms with E-state index in [1.165, 1.54) is 0 Å². The highest BCUT2D eigenvalue weighted by Crippen LogP contribution is 2.54. The summed E-state index contributed by atoms with van der Waals surface area (Å²) in [5.74, 6) is -0.501. The SMILES string of the molecule is CC1(C)COC2(C[C@]3(N)CCC[C@]3(N)C2)OC1. The van der Waals surface area contributed by atoms with Crippen molar-refractivity contribution in [2.24, 2.45) is 16.9 Å². The molecule has 1 spiro atoms. The quantitative estimate of drug-likeness (QED) is 0.666. The Hall–Kier alpha value is -0.160. The fraction of sp³-hybridized carbons (Fsp3) is 1.00. The molecule has 1 heterocycles. The van der Waals surface area contributed by atoms with E-state index >= 15 is 0 Å². The highest BCUT2D eigenvalue weighted by molar-refractivity contribution is 5.20. The van der Waals surface area contributed by atoms with Gasteiger partial charge < -0.3 is 20.9 Å². The average molecular weight is 240 g/mol. The van der Waals surface area contributed by atoms with Gasteiger partial charge in [0.1, 0.15) is 0 Å². The van der Waals surface area contributed by atoms with Gasteiger partial charge in [0.15, 0.2) is 5.79 Å². The molecule has 3 aliphatic rings. The van der Waals surface area contributed by atoms with Crippen LogP contribution in [0.15, 0.2) is 0 Å². The van der Waals surface area contributed by atoms with Crippen LogP contribution in [-0.4, -0.2) is 30.1 Å². The molecule has 98 valence electrons. The van der Waals surface area contributed by atoms with Crippen LogP contribution in [-0.2, 0) is 9.47 Å². The summed E-state index contributed by atoms with van der Waals surface area (Å²) in [4.78, 5) is 0. The molecule has 0 unspecified atom stereocenters. The van der Waals surface area contributed by atoms with Crippen molar-refractivity contribution in [3.63, 3.8) is 0 Å². The maximum absolute atomic E-state index is 6.49. The largest absolute Gasteiger partial charge is 0.349 e. The third kappa shape index (κ3) is 1.65. The Labute approximate surface area is 103 Å². The molecule has 3 rings (SSSR count). The standard InChI is InChI=1S/C13H24N2O2/c1-10(2)8-16-13(17-9-10)6-11(14)4-3-5-12(11,15)7-13/h3-9,14-15H2,1-2H3/t11-,12+. The zero-order valence-corrected chi connectivity index (χ0v) is 10.9. The van der Waals surface area contributed by atoms with E-state index in [-0.39, 0.29) is 16.5 Å². The van der Waals surface area contributed by atoms with E-state index in [0.29, 0.717) is 0 Å². The molecule has 3 fully saturated rings. The third-order valence-corrected chi connectivity index (χ3v) is 4.86. The normalized spacial score (nSPS) is 47.3. The van der Waals surface area contributed by atoms with E-state index in [1.807, 2.05) is 0 Å². The van der Waals surface area contributed by atoms with Gasteiger partial charge in [0.05, 0.1) is 13.2 Å². The fourth-order valence-corrected chi connectivity index (χ4v) is 3.71. The molecule has 4 nitrogen and oxygen atoms in total. The van der Waals surface area contributed by atoms with Crippen LogP contribution < -0.4 is 11.5 Å². The summed E-state index contributed by atoms with van der Waals surface area (Å²) in [6.07, 6.45) is 4.65. The monoisotopic (exact) mass is 240 g/mol. The lowest BCUT2D eigenvalue weighted by Gasteiger charge is -2.42. The van der Waals surface area contributed by atoms with Crippen LogP contribution in [0.4, 0.5) is 0 Å². The maximum Gasteiger partial charge on any atom is 0.171 e. The van der Waals surface area contributed by atoms with Crippen molar-refractivity contribution in [3.05, 3.63) is 0 Å². The van der Waals surface area contributed by atoms with E-state index in [4.69, 9.17) is 20.9 Å². The van der Waals surface area contributed by atoms with Crippen LogP contribution in [0.5, 0.6) is 0 Å². The lowest BCUT2D eigenvalue weighted by molar-refractivity contribution is -0.298. The van der Waals surface area contributed by atoms with Gasteiger partial charge in [0.2, 0.25) is 0 Å². The van der Waals surface area contributed by atoms with Crippen LogP contribution in [0, 0.1) is 5.41 Å². The third-order valence-electron chi connectivity index (χ3n) is 4.86. The van der Waals surface area contributed by atoms with Gasteiger partial charge >= 0.3 is 0 Å². The molecule has 17 heavy (non-hydrogen) atoms. The Morgan fingerprint density at radius 3 is 1.82 bits per heavy atom. The average Bonchev–Trinajstić information content (AvgIpc) is 2.58. The Balaban J connectivity index is 1.80. The number of hydrogen-bond acceptors (Lipinski definition) is 4. The Morgan fingerprint density at radius 1 is 0.882 bits per heavy atom. The summed E-state index contributed by atoms with van der Waals surface area (Å²) in [7, 11) is 0. The molecule has 0 aromatic carbocycles. The first-order valence-electron chi connectivity index (χ1n) is 6.64. The Kier molecular flexibility index (Phi) is 2.26. The molecule has 2 aliphatic carbocycles. The second kappa shape index (κ2) is 3.23. The van der Waals surface area contributed by atoms with E-state index in [9.17, 15) is 0 Å². The number of nitrogens with two attached hydrogens (primary N) is 2. The van der Waals surface area contributed by atoms with Gasteiger partial charge in [-0.1, -0.05) is 13.8 Å². The highest BCUT2D eigenvalue weighted by atomic mass is 16.7. The van der Waals surface area contributed by atoms with Crippen molar-refractivity contribution in [2.45, 2.75) is 62.8 Å². The van der Waals surface area contributed by atoms with Crippen molar-refractivity contribution in [3.8, 4) is 0 Å². The predicted molar refractivity (Wildman–Crippen MR) is 65.3 cm³/mol. The Bertz CT molecular complexity index is 314. The number of hydrogen-bond donors (Lipinski definition) is 2. The van der Waals surface area contributed by atoms with Crippen molar-refractivity contribution < 1.29 is 9.47 Å². The molecule has 1 aliphatic heterocycles. The number of ether oxygens (including phenoxy) is 2. The smallest absolute Gasteiger partial charge is 0.171 e. The van der Waals surface area contributed by atoms with Crippen molar-refractivity contribution in [2.75, 3.05) is 13.2 Å². The van der Waals surface area contributed by atoms with E-state index in [1.54, 1.807) is 0 Å². The molecule has 4 N–H and O–H groups in total. The van der Waals surface area contributed by atoms with Gasteiger partial charge in [-0.15, -0.1) is 0 Å². The minimum Gasteiger partial charge on any atom is -0.349 e. The number of rotatable bonds is 0. The summed E-state index contributed by atoms with van der Waals surface area (Å²) in [5, 5.41) is 0. The van der Waals surface area contributed by atoms with Gasteiger partial charge in [-0.3, -0.25) is 0 Å². The van der Waals surface area contributed by atoms with Crippen LogP contribution in [0.25, 0.3) is 0 Å². The second-order valence-corrected chi connectivity index (χ2v) is 7.17. The van der Waals surface area contributed by atoms with Gasteiger partial charge in [0, 0.05) is 29.3 Å². The molecule has 2 saturated carbocycles. The van der Waals surface area contributed by atoms with Gasteiger partial charge in [0.25, 0.3) is 0 Å². The first-order valence-corrected chi connectivity index (χ1v) is 6.64. The lowest BCUT2D eigenvalue weighted by atomic mass is 9.85. The lowest BCUT2D eigenvalue weighted by Crippen LogP contribution is -2.58. The van der Waals surface area contributed by atoms with Crippen LogP contribution in [0.2, 0.25) is 0 Å². The van der Waals surface area contributed by atoms with Gasteiger partial charge in [-0.05, 0) is 19.3 Å². The zero-order valence-electron chi connectivity index (χ0n) is 10.9. The van der Waals surface area contributed by atoms with E-state index < -0.39 is 5.79 Å². The van der Waals surface area contributed by atoms with E-state index in [2.05, 4.69) is 13.8 Å². The van der Waals surface area contributed by atoms with Crippen LogP contribution in [0.1, 0.15) is 46.0 Å². The summed E-state index contributed by atoms with van der Waals surface area (Å²) in [6, 6.07) is 0. The minimum absolute atomic E-state index is 0.104.